The quantitative estimate of drug-likeness (QED) is 0.690. The van der Waals surface area contributed by atoms with Crippen LogP contribution in [0.5, 0.6) is 5.75 Å². The molecule has 2 aromatic rings. The van der Waals surface area contributed by atoms with Crippen molar-refractivity contribution in [1.29, 1.82) is 0 Å². The smallest absolute Gasteiger partial charge is 0.311 e. The molecule has 3 nitrogen and oxygen atoms in total. The first-order chi connectivity index (χ1) is 11.9. The lowest BCUT2D eigenvalue weighted by atomic mass is 9.76. The Bertz CT molecular complexity index is 743. The summed E-state index contributed by atoms with van der Waals surface area (Å²) in [5.74, 6) is -1.22. The predicted octanol–water partition coefficient (Wildman–Crippen LogP) is 6.03. The molecule has 27 heavy (non-hydrogen) atoms. The summed E-state index contributed by atoms with van der Waals surface area (Å²) in [5, 5.41) is 20.7. The highest BCUT2D eigenvalue weighted by Crippen LogP contribution is 2.41. The van der Waals surface area contributed by atoms with E-state index in [4.69, 9.17) is 0 Å². The second kappa shape index (κ2) is 8.16. The summed E-state index contributed by atoms with van der Waals surface area (Å²) in [6.45, 7) is 12.2. The monoisotopic (exact) mass is 370 g/mol. The number of aliphatic carboxylic acids is 1. The van der Waals surface area contributed by atoms with E-state index in [1.54, 1.807) is 0 Å². The molecule has 0 aliphatic heterocycles. The van der Waals surface area contributed by atoms with Crippen LogP contribution in [-0.4, -0.2) is 16.2 Å². The maximum atomic E-state index is 12.0. The molecule has 0 amide bonds. The van der Waals surface area contributed by atoms with Crippen LogP contribution in [-0.2, 0) is 22.0 Å². The van der Waals surface area contributed by atoms with Crippen molar-refractivity contribution in [2.45, 2.75) is 72.1 Å². The highest BCUT2D eigenvalue weighted by molar-refractivity contribution is 5.77. The molecular weight excluding hydrogens is 336 g/mol. The molecule has 0 bridgehead atoms. The van der Waals surface area contributed by atoms with Crippen LogP contribution >= 0.6 is 0 Å². The van der Waals surface area contributed by atoms with Crippen LogP contribution in [0.3, 0.4) is 0 Å². The summed E-state index contributed by atoms with van der Waals surface area (Å²) >= 11 is 0. The molecule has 0 saturated heterocycles. The lowest BCUT2D eigenvalue weighted by Gasteiger charge is -2.29. The molecule has 3 heteroatoms. The SMILES string of the molecule is C.CC(C)(C)c1cc(C(Cc2ccccc2)C(=O)O)cc(C(C)(C)C)c1O. The Kier molecular flexibility index (Phi) is 6.88. The van der Waals surface area contributed by atoms with Crippen molar-refractivity contribution in [1.82, 2.24) is 0 Å². The van der Waals surface area contributed by atoms with E-state index in [0.29, 0.717) is 6.42 Å². The van der Waals surface area contributed by atoms with E-state index in [0.717, 1.165) is 22.3 Å². The fraction of sp³-hybridized carbons (Fsp3) is 0.458. The number of aromatic hydroxyl groups is 1. The molecule has 148 valence electrons. The summed E-state index contributed by atoms with van der Waals surface area (Å²) < 4.78 is 0. The zero-order valence-electron chi connectivity index (χ0n) is 16.6. The second-order valence-corrected chi connectivity index (χ2v) is 9.05. The maximum absolute atomic E-state index is 12.0. The van der Waals surface area contributed by atoms with Crippen molar-refractivity contribution >= 4 is 5.97 Å². The Balaban J connectivity index is 0.00000364. The summed E-state index contributed by atoms with van der Waals surface area (Å²) in [6.07, 6.45) is 0.425. The van der Waals surface area contributed by atoms with Crippen molar-refractivity contribution in [2.24, 2.45) is 0 Å². The van der Waals surface area contributed by atoms with Gasteiger partial charge in [-0.1, -0.05) is 91.4 Å². The standard InChI is InChI=1S/C23H30O3.CH4/c1-22(2,3)18-13-16(14-19(20(18)24)23(4,5)6)17(21(25)26)12-15-10-8-7-9-11-15;/h7-11,13-14,17,24H,12H2,1-6H3,(H,25,26);1H4. The minimum Gasteiger partial charge on any atom is -0.507 e. The van der Waals surface area contributed by atoms with E-state index in [1.807, 2.05) is 84.0 Å². The van der Waals surface area contributed by atoms with Crippen LogP contribution in [0.1, 0.15) is 77.1 Å². The molecule has 0 fully saturated rings. The van der Waals surface area contributed by atoms with Crippen molar-refractivity contribution in [3.63, 3.8) is 0 Å². The lowest BCUT2D eigenvalue weighted by Crippen LogP contribution is -2.21. The third-order valence-corrected chi connectivity index (χ3v) is 4.73. The van der Waals surface area contributed by atoms with Crippen LogP contribution in [0.15, 0.2) is 42.5 Å². The van der Waals surface area contributed by atoms with Crippen molar-refractivity contribution in [2.75, 3.05) is 0 Å². The molecule has 0 aliphatic carbocycles. The molecule has 1 atom stereocenters. The van der Waals surface area contributed by atoms with Gasteiger partial charge in [0.25, 0.3) is 0 Å². The van der Waals surface area contributed by atoms with E-state index in [9.17, 15) is 15.0 Å². The number of benzene rings is 2. The number of hydrogen-bond donors (Lipinski definition) is 2. The van der Waals surface area contributed by atoms with E-state index < -0.39 is 11.9 Å². The molecule has 2 rings (SSSR count). The minimum atomic E-state index is -0.848. The van der Waals surface area contributed by atoms with Gasteiger partial charge in [-0.2, -0.15) is 0 Å². The number of hydrogen-bond acceptors (Lipinski definition) is 2. The maximum Gasteiger partial charge on any atom is 0.311 e. The van der Waals surface area contributed by atoms with Crippen molar-refractivity contribution < 1.29 is 15.0 Å². The molecule has 2 aromatic carbocycles. The third-order valence-electron chi connectivity index (χ3n) is 4.73. The van der Waals surface area contributed by atoms with Gasteiger partial charge in [-0.15, -0.1) is 0 Å². The highest BCUT2D eigenvalue weighted by atomic mass is 16.4. The molecule has 0 saturated carbocycles. The molecule has 0 spiro atoms. The van der Waals surface area contributed by atoms with Gasteiger partial charge in [0, 0.05) is 0 Å². The van der Waals surface area contributed by atoms with Gasteiger partial charge in [-0.25, -0.2) is 0 Å². The number of carboxylic acid groups (broad SMARTS) is 1. The number of phenols is 1. The van der Waals surface area contributed by atoms with Gasteiger partial charge in [0.1, 0.15) is 5.75 Å². The molecule has 2 N–H and O–H groups in total. The van der Waals surface area contributed by atoms with Crippen LogP contribution in [0, 0.1) is 0 Å². The summed E-state index contributed by atoms with van der Waals surface area (Å²) in [5.41, 5.74) is 2.75. The molecule has 0 aliphatic rings. The van der Waals surface area contributed by atoms with E-state index >= 15 is 0 Å². The van der Waals surface area contributed by atoms with Crippen LogP contribution < -0.4 is 0 Å². The second-order valence-electron chi connectivity index (χ2n) is 9.05. The Morgan fingerprint density at radius 2 is 1.37 bits per heavy atom. The van der Waals surface area contributed by atoms with Gasteiger partial charge in [0.2, 0.25) is 0 Å². The normalized spacial score (nSPS) is 13.0. The lowest BCUT2D eigenvalue weighted by molar-refractivity contribution is -0.138. The number of carbonyl (C=O) groups is 1. The fourth-order valence-electron chi connectivity index (χ4n) is 3.20. The molecular formula is C24H34O3. The molecule has 0 aromatic heterocycles. The minimum absolute atomic E-state index is 0. The Labute approximate surface area is 164 Å². The van der Waals surface area contributed by atoms with Crippen LogP contribution in [0.2, 0.25) is 0 Å². The highest BCUT2D eigenvalue weighted by Gasteiger charge is 2.30. The van der Waals surface area contributed by atoms with Crippen molar-refractivity contribution in [3.05, 3.63) is 64.7 Å². The Morgan fingerprint density at radius 1 is 0.926 bits per heavy atom. The zero-order valence-corrected chi connectivity index (χ0v) is 16.6. The fourth-order valence-corrected chi connectivity index (χ4v) is 3.20. The number of phenolic OH excluding ortho intramolecular Hbond substituents is 1. The zero-order chi connectivity index (χ0) is 19.7. The average Bonchev–Trinajstić information content (AvgIpc) is 2.51. The first kappa shape index (κ1) is 22.8. The topological polar surface area (TPSA) is 57.5 Å². The number of rotatable bonds is 4. The first-order valence-electron chi connectivity index (χ1n) is 9.06. The van der Waals surface area contributed by atoms with E-state index in [1.165, 1.54) is 0 Å². The van der Waals surface area contributed by atoms with Gasteiger partial charge in [0.15, 0.2) is 0 Å². The summed E-state index contributed by atoms with van der Waals surface area (Å²) in [6, 6.07) is 13.4. The molecule has 1 unspecified atom stereocenters. The molecule has 0 radical (unpaired) electrons. The van der Waals surface area contributed by atoms with Gasteiger partial charge in [0.05, 0.1) is 5.92 Å². The van der Waals surface area contributed by atoms with E-state index in [-0.39, 0.29) is 24.0 Å². The van der Waals surface area contributed by atoms with Gasteiger partial charge in [-0.05, 0) is 39.5 Å². The summed E-state index contributed by atoms with van der Waals surface area (Å²) in [4.78, 5) is 12.0. The summed E-state index contributed by atoms with van der Waals surface area (Å²) in [7, 11) is 0. The first-order valence-corrected chi connectivity index (χ1v) is 9.06. The van der Waals surface area contributed by atoms with Gasteiger partial charge < -0.3 is 10.2 Å². The van der Waals surface area contributed by atoms with Crippen LogP contribution in [0.25, 0.3) is 0 Å². The molecule has 0 heterocycles. The van der Waals surface area contributed by atoms with Gasteiger partial charge >= 0.3 is 5.97 Å². The van der Waals surface area contributed by atoms with E-state index in [2.05, 4.69) is 0 Å². The van der Waals surface area contributed by atoms with Crippen LogP contribution in [0.4, 0.5) is 0 Å². The average molecular weight is 371 g/mol. The van der Waals surface area contributed by atoms with Gasteiger partial charge in [-0.3, -0.25) is 4.79 Å². The van der Waals surface area contributed by atoms with Crippen molar-refractivity contribution in [3.8, 4) is 5.75 Å². The Hall–Kier alpha value is -2.29. The predicted molar refractivity (Wildman–Crippen MR) is 113 cm³/mol. The number of carboxylic acids is 1. The third kappa shape index (κ3) is 5.35. The Morgan fingerprint density at radius 3 is 1.74 bits per heavy atom. The largest absolute Gasteiger partial charge is 0.507 e.